The summed E-state index contributed by atoms with van der Waals surface area (Å²) in [5.74, 6) is 0.960. The number of anilines is 1. The van der Waals surface area contributed by atoms with Crippen molar-refractivity contribution in [2.24, 2.45) is 5.92 Å². The number of hydrogen-bond donors (Lipinski definition) is 2. The van der Waals surface area contributed by atoms with Crippen LogP contribution in [0.3, 0.4) is 0 Å². The van der Waals surface area contributed by atoms with E-state index in [-0.39, 0.29) is 11.7 Å². The van der Waals surface area contributed by atoms with Gasteiger partial charge in [0.1, 0.15) is 5.75 Å². The highest BCUT2D eigenvalue weighted by molar-refractivity contribution is 9.10. The van der Waals surface area contributed by atoms with Crippen molar-refractivity contribution in [3.8, 4) is 0 Å². The van der Waals surface area contributed by atoms with Crippen molar-refractivity contribution in [1.29, 1.82) is 0 Å². The summed E-state index contributed by atoms with van der Waals surface area (Å²) in [7, 11) is -1.07. The average molecular weight is 331 g/mol. The molecule has 1 aliphatic rings. The molecule has 0 aromatic heterocycles. The third kappa shape index (κ3) is 4.19. The fraction of sp³-hybridized carbons (Fsp3) is 0.417. The number of rotatable bonds is 5. The Hall–Kier alpha value is -0.720. The van der Waals surface area contributed by atoms with Crippen LogP contribution >= 0.6 is 15.9 Å². The third-order valence-electron chi connectivity index (χ3n) is 2.71. The first-order valence-corrected chi connectivity index (χ1v) is 8.02. The first-order chi connectivity index (χ1) is 8.63. The van der Waals surface area contributed by atoms with E-state index in [9.17, 15) is 9.00 Å². The molecular formula is C12H15BrN2O2S. The number of halogens is 1. The second-order valence-corrected chi connectivity index (χ2v) is 6.75. The summed E-state index contributed by atoms with van der Waals surface area (Å²) in [6.45, 7) is 1.83. The van der Waals surface area contributed by atoms with Crippen molar-refractivity contribution in [1.82, 2.24) is 5.32 Å². The molecule has 1 aromatic carbocycles. The van der Waals surface area contributed by atoms with Crippen molar-refractivity contribution in [2.75, 3.05) is 29.9 Å². The second-order valence-electron chi connectivity index (χ2n) is 4.33. The number of amides is 1. The van der Waals surface area contributed by atoms with Gasteiger partial charge in [0.05, 0.1) is 0 Å². The van der Waals surface area contributed by atoms with Crippen molar-refractivity contribution < 1.29 is 9.00 Å². The van der Waals surface area contributed by atoms with Crippen LogP contribution in [0, 0.1) is 5.92 Å². The highest BCUT2D eigenvalue weighted by atomic mass is 79.9. The molecule has 98 valence electrons. The van der Waals surface area contributed by atoms with Gasteiger partial charge in [0.15, 0.2) is 0 Å². The normalized spacial score (nSPS) is 16.9. The minimum absolute atomic E-state index is 0.0760. The fourth-order valence-electron chi connectivity index (χ4n) is 1.66. The lowest BCUT2D eigenvalue weighted by molar-refractivity contribution is -0.113. The van der Waals surface area contributed by atoms with Crippen LogP contribution in [0.15, 0.2) is 28.7 Å². The molecule has 2 N–H and O–H groups in total. The highest BCUT2D eigenvalue weighted by Crippen LogP contribution is 2.14. The van der Waals surface area contributed by atoms with E-state index >= 15 is 0 Å². The highest BCUT2D eigenvalue weighted by Gasteiger charge is 2.20. The Labute approximate surface area is 117 Å². The van der Waals surface area contributed by atoms with Gasteiger partial charge in [-0.3, -0.25) is 9.00 Å². The van der Waals surface area contributed by atoms with Crippen LogP contribution in [0.2, 0.25) is 0 Å². The minimum atomic E-state index is -1.07. The maximum atomic E-state index is 11.7. The maximum Gasteiger partial charge on any atom is 0.236 e. The Morgan fingerprint density at radius 3 is 2.61 bits per heavy atom. The standard InChI is InChI=1S/C12H15BrN2O2S/c13-10-1-3-11(4-2-10)15-12(16)8-18(17)7-9-5-14-6-9/h1-4,9,14H,5-8H2,(H,15,16). The number of nitrogens with one attached hydrogen (secondary N) is 2. The molecule has 1 unspecified atom stereocenters. The summed E-state index contributed by atoms with van der Waals surface area (Å²) in [6, 6.07) is 7.32. The first kappa shape index (κ1) is 13.7. The molecule has 1 atom stereocenters. The van der Waals surface area contributed by atoms with Crippen LogP contribution in [0.4, 0.5) is 5.69 Å². The topological polar surface area (TPSA) is 58.2 Å². The number of benzene rings is 1. The van der Waals surface area contributed by atoms with Crippen LogP contribution in [0.5, 0.6) is 0 Å². The Kier molecular flexibility index (Phi) is 4.91. The molecule has 2 rings (SSSR count). The van der Waals surface area contributed by atoms with E-state index in [4.69, 9.17) is 0 Å². The molecule has 0 spiro atoms. The predicted octanol–water partition coefficient (Wildman–Crippen LogP) is 1.36. The second kappa shape index (κ2) is 6.45. The van der Waals surface area contributed by atoms with Crippen molar-refractivity contribution in [2.45, 2.75) is 0 Å². The van der Waals surface area contributed by atoms with E-state index in [0.717, 1.165) is 23.2 Å². The quantitative estimate of drug-likeness (QED) is 0.856. The Bertz CT molecular complexity index is 446. The molecule has 6 heteroatoms. The molecule has 0 bridgehead atoms. The molecule has 1 aromatic rings. The average Bonchev–Trinajstić information content (AvgIpc) is 2.27. The largest absolute Gasteiger partial charge is 0.325 e. The van der Waals surface area contributed by atoms with Crippen molar-refractivity contribution >= 4 is 38.3 Å². The van der Waals surface area contributed by atoms with Gasteiger partial charge in [-0.2, -0.15) is 0 Å². The minimum Gasteiger partial charge on any atom is -0.325 e. The van der Waals surface area contributed by atoms with Gasteiger partial charge in [0, 0.05) is 39.8 Å². The van der Waals surface area contributed by atoms with Gasteiger partial charge in [-0.05, 0) is 30.2 Å². The Morgan fingerprint density at radius 1 is 1.39 bits per heavy atom. The summed E-state index contributed by atoms with van der Waals surface area (Å²) in [5, 5.41) is 5.87. The van der Waals surface area contributed by atoms with E-state index in [1.807, 2.05) is 12.1 Å². The fourth-order valence-corrected chi connectivity index (χ4v) is 3.17. The zero-order valence-corrected chi connectivity index (χ0v) is 12.2. The molecule has 0 aliphatic carbocycles. The summed E-state index contributed by atoms with van der Waals surface area (Å²) >= 11 is 3.33. The molecule has 0 saturated carbocycles. The van der Waals surface area contributed by atoms with Gasteiger partial charge >= 0.3 is 0 Å². The van der Waals surface area contributed by atoms with Gasteiger partial charge in [-0.15, -0.1) is 0 Å². The molecule has 4 nitrogen and oxygen atoms in total. The van der Waals surface area contributed by atoms with E-state index in [2.05, 4.69) is 26.6 Å². The summed E-state index contributed by atoms with van der Waals surface area (Å²) < 4.78 is 12.7. The number of carbonyl (C=O) groups is 1. The van der Waals surface area contributed by atoms with Gasteiger partial charge in [0.25, 0.3) is 0 Å². The van der Waals surface area contributed by atoms with Crippen LogP contribution in [-0.4, -0.2) is 34.7 Å². The smallest absolute Gasteiger partial charge is 0.236 e. The van der Waals surface area contributed by atoms with Gasteiger partial charge in [0.2, 0.25) is 5.91 Å². The van der Waals surface area contributed by atoms with Crippen LogP contribution in [0.25, 0.3) is 0 Å². The van der Waals surface area contributed by atoms with Crippen molar-refractivity contribution in [3.63, 3.8) is 0 Å². The summed E-state index contributed by atoms with van der Waals surface area (Å²) in [6.07, 6.45) is 0. The van der Waals surface area contributed by atoms with E-state index < -0.39 is 10.8 Å². The van der Waals surface area contributed by atoms with Gasteiger partial charge < -0.3 is 10.6 Å². The van der Waals surface area contributed by atoms with Gasteiger partial charge in [-0.25, -0.2) is 0 Å². The monoisotopic (exact) mass is 330 g/mol. The zero-order valence-electron chi connectivity index (χ0n) is 9.82. The van der Waals surface area contributed by atoms with Gasteiger partial charge in [-0.1, -0.05) is 15.9 Å². The van der Waals surface area contributed by atoms with E-state index in [1.54, 1.807) is 12.1 Å². The van der Waals surface area contributed by atoms with Crippen LogP contribution < -0.4 is 10.6 Å². The molecular weight excluding hydrogens is 316 g/mol. The SMILES string of the molecule is O=C(CS(=O)CC1CNC1)Nc1ccc(Br)cc1. The zero-order chi connectivity index (χ0) is 13.0. The van der Waals surface area contributed by atoms with E-state index in [0.29, 0.717) is 11.7 Å². The molecule has 1 heterocycles. The van der Waals surface area contributed by atoms with Crippen molar-refractivity contribution in [3.05, 3.63) is 28.7 Å². The summed E-state index contributed by atoms with van der Waals surface area (Å²) in [5.41, 5.74) is 0.727. The lowest BCUT2D eigenvalue weighted by atomic mass is 10.1. The summed E-state index contributed by atoms with van der Waals surface area (Å²) in [4.78, 5) is 11.7. The number of hydrogen-bond acceptors (Lipinski definition) is 3. The Balaban J connectivity index is 1.77. The van der Waals surface area contributed by atoms with Crippen LogP contribution in [-0.2, 0) is 15.6 Å². The lowest BCUT2D eigenvalue weighted by Crippen LogP contribution is -2.45. The Morgan fingerprint density at radius 2 is 2.06 bits per heavy atom. The van der Waals surface area contributed by atoms with Crippen LogP contribution in [0.1, 0.15) is 0 Å². The molecule has 0 radical (unpaired) electrons. The third-order valence-corrected chi connectivity index (χ3v) is 4.66. The lowest BCUT2D eigenvalue weighted by Gasteiger charge is -2.26. The molecule has 18 heavy (non-hydrogen) atoms. The number of carbonyl (C=O) groups excluding carboxylic acids is 1. The maximum absolute atomic E-state index is 11.7. The first-order valence-electron chi connectivity index (χ1n) is 5.74. The van der Waals surface area contributed by atoms with E-state index in [1.165, 1.54) is 0 Å². The molecule has 1 amide bonds. The molecule has 1 saturated heterocycles. The predicted molar refractivity (Wildman–Crippen MR) is 77.0 cm³/mol. The molecule has 1 aliphatic heterocycles. The molecule has 1 fully saturated rings.